The van der Waals surface area contributed by atoms with E-state index >= 15 is 0 Å². The van der Waals surface area contributed by atoms with E-state index < -0.39 is 6.04 Å². The van der Waals surface area contributed by atoms with Gasteiger partial charge in [0.1, 0.15) is 12.4 Å². The number of ether oxygens (including phenoxy) is 1. The van der Waals surface area contributed by atoms with Crippen LogP contribution in [0.4, 0.5) is 0 Å². The number of hydrogen-bond donors (Lipinski definition) is 2. The van der Waals surface area contributed by atoms with Crippen LogP contribution in [0.1, 0.15) is 20.8 Å². The second-order valence-electron chi connectivity index (χ2n) is 5.44. The van der Waals surface area contributed by atoms with E-state index in [-0.39, 0.29) is 11.3 Å². The number of amides is 1. The zero-order valence-electron chi connectivity index (χ0n) is 11.6. The lowest BCUT2D eigenvalue weighted by Crippen LogP contribution is -2.49. The highest BCUT2D eigenvalue weighted by molar-refractivity contribution is 6.30. The first-order chi connectivity index (χ1) is 8.80. The zero-order chi connectivity index (χ0) is 14.5. The zero-order valence-corrected chi connectivity index (χ0v) is 12.3. The quantitative estimate of drug-likeness (QED) is 0.815. The molecule has 4 nitrogen and oxygen atoms in total. The molecule has 1 aromatic carbocycles. The van der Waals surface area contributed by atoms with Crippen molar-refractivity contribution in [3.05, 3.63) is 29.3 Å². The van der Waals surface area contributed by atoms with Crippen LogP contribution in [-0.2, 0) is 4.79 Å². The first-order valence-corrected chi connectivity index (χ1v) is 6.60. The molecular formula is C14H21ClN2O2. The minimum atomic E-state index is -0.529. The van der Waals surface area contributed by atoms with Crippen LogP contribution in [0, 0.1) is 5.41 Å². The van der Waals surface area contributed by atoms with Crippen molar-refractivity contribution < 1.29 is 9.53 Å². The monoisotopic (exact) mass is 284 g/mol. The Hall–Kier alpha value is -1.26. The number of nitrogens with one attached hydrogen (secondary N) is 1. The summed E-state index contributed by atoms with van der Waals surface area (Å²) in [5, 5.41) is 3.37. The van der Waals surface area contributed by atoms with Gasteiger partial charge in [-0.05, 0) is 23.6 Å². The molecule has 0 radical (unpaired) electrons. The molecule has 0 saturated carbocycles. The van der Waals surface area contributed by atoms with E-state index in [4.69, 9.17) is 22.1 Å². The Labute approximate surface area is 119 Å². The van der Waals surface area contributed by atoms with E-state index in [1.54, 1.807) is 12.1 Å². The van der Waals surface area contributed by atoms with Crippen molar-refractivity contribution in [3.8, 4) is 5.75 Å². The minimum absolute atomic E-state index is 0.165. The molecule has 0 heterocycles. The Morgan fingerprint density at radius 1 is 1.47 bits per heavy atom. The van der Waals surface area contributed by atoms with Crippen LogP contribution in [0.5, 0.6) is 5.75 Å². The minimum Gasteiger partial charge on any atom is -0.492 e. The fourth-order valence-electron chi connectivity index (χ4n) is 1.40. The smallest absolute Gasteiger partial charge is 0.237 e. The first-order valence-electron chi connectivity index (χ1n) is 6.22. The van der Waals surface area contributed by atoms with Crippen LogP contribution in [0.3, 0.4) is 0 Å². The summed E-state index contributed by atoms with van der Waals surface area (Å²) >= 11 is 5.83. The average molecular weight is 285 g/mol. The maximum absolute atomic E-state index is 11.7. The van der Waals surface area contributed by atoms with Gasteiger partial charge >= 0.3 is 0 Å². The number of nitrogens with two attached hydrogens (primary N) is 1. The van der Waals surface area contributed by atoms with E-state index in [0.29, 0.717) is 23.9 Å². The predicted octanol–water partition coefficient (Wildman–Crippen LogP) is 2.21. The number of carbonyl (C=O) groups excluding carboxylic acids is 1. The fourth-order valence-corrected chi connectivity index (χ4v) is 1.58. The Morgan fingerprint density at radius 2 is 2.16 bits per heavy atom. The van der Waals surface area contributed by atoms with Crippen molar-refractivity contribution in [2.45, 2.75) is 26.8 Å². The number of carbonyl (C=O) groups is 1. The normalized spacial score (nSPS) is 12.9. The van der Waals surface area contributed by atoms with Crippen molar-refractivity contribution in [3.63, 3.8) is 0 Å². The fraction of sp³-hybridized carbons (Fsp3) is 0.500. The summed E-state index contributed by atoms with van der Waals surface area (Å²) < 4.78 is 5.46. The van der Waals surface area contributed by atoms with Crippen molar-refractivity contribution >= 4 is 17.5 Å². The van der Waals surface area contributed by atoms with Gasteiger partial charge in [0.2, 0.25) is 5.91 Å². The Bertz CT molecular complexity index is 430. The molecule has 1 rings (SSSR count). The molecule has 3 N–H and O–H groups in total. The van der Waals surface area contributed by atoms with Gasteiger partial charge in [0.25, 0.3) is 0 Å². The molecule has 19 heavy (non-hydrogen) atoms. The molecule has 0 spiro atoms. The topological polar surface area (TPSA) is 64.4 Å². The molecule has 0 aliphatic heterocycles. The standard InChI is InChI=1S/C14H21ClN2O2/c1-14(2,3)12(16)13(18)17-7-8-19-11-6-4-5-10(15)9-11/h4-6,9,12H,7-8,16H2,1-3H3,(H,17,18)/t12-/m1/s1. The third-order valence-electron chi connectivity index (χ3n) is 2.68. The van der Waals surface area contributed by atoms with Crippen molar-refractivity contribution in [1.82, 2.24) is 5.32 Å². The second-order valence-corrected chi connectivity index (χ2v) is 5.88. The molecule has 1 amide bonds. The van der Waals surface area contributed by atoms with Crippen LogP contribution in [0.25, 0.3) is 0 Å². The van der Waals surface area contributed by atoms with Gasteiger partial charge in [-0.3, -0.25) is 4.79 Å². The van der Waals surface area contributed by atoms with Gasteiger partial charge in [-0.2, -0.15) is 0 Å². The van der Waals surface area contributed by atoms with Gasteiger partial charge in [0, 0.05) is 5.02 Å². The van der Waals surface area contributed by atoms with Crippen molar-refractivity contribution in [2.75, 3.05) is 13.2 Å². The predicted molar refractivity (Wildman–Crippen MR) is 77.4 cm³/mol. The molecular weight excluding hydrogens is 264 g/mol. The number of benzene rings is 1. The van der Waals surface area contributed by atoms with E-state index in [1.807, 2.05) is 32.9 Å². The van der Waals surface area contributed by atoms with Gasteiger partial charge in [-0.15, -0.1) is 0 Å². The highest BCUT2D eigenvalue weighted by Gasteiger charge is 2.26. The summed E-state index contributed by atoms with van der Waals surface area (Å²) in [6.07, 6.45) is 0. The average Bonchev–Trinajstić information content (AvgIpc) is 2.32. The number of halogens is 1. The van der Waals surface area contributed by atoms with Gasteiger partial charge in [-0.1, -0.05) is 38.4 Å². The van der Waals surface area contributed by atoms with E-state index in [2.05, 4.69) is 5.32 Å². The molecule has 5 heteroatoms. The molecule has 0 aliphatic rings. The third kappa shape index (κ3) is 5.49. The lowest BCUT2D eigenvalue weighted by atomic mass is 9.87. The van der Waals surface area contributed by atoms with Crippen LogP contribution >= 0.6 is 11.6 Å². The van der Waals surface area contributed by atoms with Crippen LogP contribution < -0.4 is 15.8 Å². The molecule has 0 fully saturated rings. The van der Waals surface area contributed by atoms with Gasteiger partial charge in [-0.25, -0.2) is 0 Å². The van der Waals surface area contributed by atoms with Crippen LogP contribution in [0.15, 0.2) is 24.3 Å². The molecule has 1 aromatic rings. The van der Waals surface area contributed by atoms with Gasteiger partial charge in [0.05, 0.1) is 12.6 Å². The Balaban J connectivity index is 2.30. The Morgan fingerprint density at radius 3 is 2.74 bits per heavy atom. The molecule has 0 aliphatic carbocycles. The first kappa shape index (κ1) is 15.8. The highest BCUT2D eigenvalue weighted by atomic mass is 35.5. The largest absolute Gasteiger partial charge is 0.492 e. The summed E-state index contributed by atoms with van der Waals surface area (Å²) in [5.74, 6) is 0.518. The second kappa shape index (κ2) is 6.78. The molecule has 0 bridgehead atoms. The molecule has 106 valence electrons. The molecule has 0 aromatic heterocycles. The van der Waals surface area contributed by atoms with Crippen molar-refractivity contribution in [1.29, 1.82) is 0 Å². The van der Waals surface area contributed by atoms with Crippen LogP contribution in [-0.4, -0.2) is 25.1 Å². The lowest BCUT2D eigenvalue weighted by molar-refractivity contribution is -0.124. The van der Waals surface area contributed by atoms with E-state index in [0.717, 1.165) is 0 Å². The Kier molecular flexibility index (Phi) is 5.63. The SMILES string of the molecule is CC(C)(C)[C@H](N)C(=O)NCCOc1cccc(Cl)c1. The van der Waals surface area contributed by atoms with Gasteiger partial charge in [0.15, 0.2) is 0 Å². The maximum Gasteiger partial charge on any atom is 0.237 e. The third-order valence-corrected chi connectivity index (χ3v) is 2.92. The summed E-state index contributed by atoms with van der Waals surface area (Å²) in [5.41, 5.74) is 5.59. The maximum atomic E-state index is 11.7. The summed E-state index contributed by atoms with van der Waals surface area (Å²) in [6, 6.07) is 6.60. The highest BCUT2D eigenvalue weighted by Crippen LogP contribution is 2.17. The molecule has 0 unspecified atom stereocenters. The summed E-state index contributed by atoms with van der Waals surface area (Å²) in [7, 11) is 0. The van der Waals surface area contributed by atoms with Crippen molar-refractivity contribution in [2.24, 2.45) is 11.1 Å². The molecule has 1 atom stereocenters. The van der Waals surface area contributed by atoms with E-state index in [9.17, 15) is 4.79 Å². The lowest BCUT2D eigenvalue weighted by Gasteiger charge is -2.25. The molecule has 0 saturated heterocycles. The van der Waals surface area contributed by atoms with E-state index in [1.165, 1.54) is 0 Å². The summed E-state index contributed by atoms with van der Waals surface area (Å²) in [6.45, 7) is 6.58. The number of hydrogen-bond acceptors (Lipinski definition) is 3. The van der Waals surface area contributed by atoms with Gasteiger partial charge < -0.3 is 15.8 Å². The van der Waals surface area contributed by atoms with Crippen LogP contribution in [0.2, 0.25) is 5.02 Å². The number of rotatable bonds is 5. The summed E-state index contributed by atoms with van der Waals surface area (Å²) in [4.78, 5) is 11.7.